The zero-order valence-electron chi connectivity index (χ0n) is 28.1. The molecule has 1 aromatic heterocycles. The van der Waals surface area contributed by atoms with Gasteiger partial charge in [0.15, 0.2) is 0 Å². The summed E-state index contributed by atoms with van der Waals surface area (Å²) >= 11 is 0. The van der Waals surface area contributed by atoms with Gasteiger partial charge in [0.1, 0.15) is 23.7 Å². The summed E-state index contributed by atoms with van der Waals surface area (Å²) in [5, 5.41) is 3.00. The Bertz CT molecular complexity index is 1710. The Hall–Kier alpha value is -4.51. The van der Waals surface area contributed by atoms with Crippen molar-refractivity contribution >= 4 is 24.4 Å². The zero-order valence-corrected chi connectivity index (χ0v) is 29.0. The molecule has 1 aliphatic carbocycles. The fourth-order valence-corrected chi connectivity index (χ4v) is 6.43. The molecule has 264 valence electrons. The number of pyridine rings is 1. The maximum absolute atomic E-state index is 14.2. The van der Waals surface area contributed by atoms with Gasteiger partial charge in [0.25, 0.3) is 5.91 Å². The molecule has 0 unspecified atom stereocenters. The monoisotopic (exact) mass is 701 g/mol. The summed E-state index contributed by atoms with van der Waals surface area (Å²) in [6.45, 7) is 4.23. The molecule has 3 N–H and O–H groups in total. The molecular formula is C39H45ClFN5O4. The summed E-state index contributed by atoms with van der Waals surface area (Å²) in [7, 11) is 0. The van der Waals surface area contributed by atoms with Gasteiger partial charge in [-0.05, 0) is 85.5 Å². The molecule has 2 aliphatic rings. The van der Waals surface area contributed by atoms with Crippen molar-refractivity contribution < 1.29 is 23.5 Å². The summed E-state index contributed by atoms with van der Waals surface area (Å²) in [6.07, 6.45) is 5.99. The van der Waals surface area contributed by atoms with Crippen molar-refractivity contribution in [3.05, 3.63) is 114 Å². The van der Waals surface area contributed by atoms with Crippen molar-refractivity contribution in [3.8, 4) is 22.8 Å². The predicted molar refractivity (Wildman–Crippen MR) is 194 cm³/mol. The van der Waals surface area contributed by atoms with Crippen molar-refractivity contribution in [1.82, 2.24) is 20.1 Å². The van der Waals surface area contributed by atoms with E-state index in [9.17, 15) is 14.0 Å². The van der Waals surface area contributed by atoms with Crippen LogP contribution in [0.15, 0.2) is 91.1 Å². The number of hydrogen-bond acceptors (Lipinski definition) is 7. The number of carbonyl (C=O) groups is 2. The summed E-state index contributed by atoms with van der Waals surface area (Å²) in [6, 6.07) is 27.1. The smallest absolute Gasteiger partial charge is 0.410 e. The zero-order chi connectivity index (χ0) is 34.0. The van der Waals surface area contributed by atoms with E-state index in [2.05, 4.69) is 39.5 Å². The average molecular weight is 702 g/mol. The largest absolute Gasteiger partial charge is 0.445 e. The molecular weight excluding hydrogens is 657 g/mol. The van der Waals surface area contributed by atoms with E-state index in [0.29, 0.717) is 18.8 Å². The van der Waals surface area contributed by atoms with Crippen LogP contribution in [-0.2, 0) is 17.8 Å². The SMILES string of the molecule is Cl.N[C@H]1CC[C@H](NC(=O)c2cc(F)cnc2Oc2cccc(-c3cccc(CCCN4CCN(C(=O)OCc5ccccc5)CC4)c3)c2)CC1. The highest BCUT2D eigenvalue weighted by atomic mass is 35.5. The molecule has 11 heteroatoms. The fraction of sp³-hybridized carbons (Fsp3) is 0.359. The molecule has 0 bridgehead atoms. The maximum Gasteiger partial charge on any atom is 0.410 e. The maximum atomic E-state index is 14.2. The van der Waals surface area contributed by atoms with Gasteiger partial charge in [0, 0.05) is 38.3 Å². The van der Waals surface area contributed by atoms with Gasteiger partial charge in [-0.3, -0.25) is 9.69 Å². The van der Waals surface area contributed by atoms with Crippen molar-refractivity contribution in [3.63, 3.8) is 0 Å². The number of nitrogens with one attached hydrogen (secondary N) is 1. The minimum atomic E-state index is -0.602. The summed E-state index contributed by atoms with van der Waals surface area (Å²) < 4.78 is 25.8. The lowest BCUT2D eigenvalue weighted by atomic mass is 9.91. The van der Waals surface area contributed by atoms with Crippen molar-refractivity contribution in [1.29, 1.82) is 0 Å². The topological polar surface area (TPSA) is 110 Å². The summed E-state index contributed by atoms with van der Waals surface area (Å²) in [5.74, 6) is -0.449. The number of nitrogens with zero attached hydrogens (tertiary/aromatic N) is 3. The van der Waals surface area contributed by atoms with Crippen LogP contribution < -0.4 is 15.8 Å². The first-order valence-corrected chi connectivity index (χ1v) is 17.2. The number of benzene rings is 3. The van der Waals surface area contributed by atoms with Crippen LogP contribution in [0.2, 0.25) is 0 Å². The minimum Gasteiger partial charge on any atom is -0.445 e. The number of piperazine rings is 1. The molecule has 0 spiro atoms. The van der Waals surface area contributed by atoms with Crippen LogP contribution in [0, 0.1) is 5.82 Å². The van der Waals surface area contributed by atoms with Gasteiger partial charge >= 0.3 is 6.09 Å². The molecule has 1 saturated heterocycles. The van der Waals surface area contributed by atoms with E-state index >= 15 is 0 Å². The third-order valence-electron chi connectivity index (χ3n) is 9.25. The normalized spacial score (nSPS) is 17.8. The van der Waals surface area contributed by atoms with E-state index in [-0.39, 0.29) is 48.6 Å². The molecule has 6 rings (SSSR count). The molecule has 2 fully saturated rings. The highest BCUT2D eigenvalue weighted by molar-refractivity contribution is 5.96. The molecule has 50 heavy (non-hydrogen) atoms. The van der Waals surface area contributed by atoms with Gasteiger partial charge in [-0.15, -0.1) is 12.4 Å². The first-order valence-electron chi connectivity index (χ1n) is 17.2. The average Bonchev–Trinajstić information content (AvgIpc) is 3.13. The second kappa shape index (κ2) is 17.9. The van der Waals surface area contributed by atoms with Gasteiger partial charge in [0.2, 0.25) is 5.88 Å². The Morgan fingerprint density at radius 3 is 2.32 bits per heavy atom. The van der Waals surface area contributed by atoms with Crippen LogP contribution in [0.4, 0.5) is 9.18 Å². The minimum absolute atomic E-state index is 0. The van der Waals surface area contributed by atoms with Crippen LogP contribution in [-0.4, -0.2) is 71.6 Å². The van der Waals surface area contributed by atoms with Crippen LogP contribution in [0.25, 0.3) is 11.1 Å². The lowest BCUT2D eigenvalue weighted by Gasteiger charge is -2.34. The number of aromatic nitrogens is 1. The van der Waals surface area contributed by atoms with Crippen LogP contribution in [0.3, 0.4) is 0 Å². The third kappa shape index (κ3) is 10.3. The van der Waals surface area contributed by atoms with E-state index in [1.165, 1.54) is 11.6 Å². The Morgan fingerprint density at radius 1 is 0.860 bits per heavy atom. The van der Waals surface area contributed by atoms with Crippen molar-refractivity contribution in [2.24, 2.45) is 5.73 Å². The van der Waals surface area contributed by atoms with Gasteiger partial charge in [-0.1, -0.05) is 66.7 Å². The summed E-state index contributed by atoms with van der Waals surface area (Å²) in [5.41, 5.74) is 10.3. The molecule has 0 radical (unpaired) electrons. The molecule has 0 atom stereocenters. The second-order valence-corrected chi connectivity index (χ2v) is 12.9. The highest BCUT2D eigenvalue weighted by Crippen LogP contribution is 2.30. The number of ether oxygens (including phenoxy) is 2. The Morgan fingerprint density at radius 2 is 1.56 bits per heavy atom. The first-order chi connectivity index (χ1) is 23.9. The van der Waals surface area contributed by atoms with E-state index < -0.39 is 11.7 Å². The Kier molecular flexibility index (Phi) is 13.2. The van der Waals surface area contributed by atoms with E-state index in [4.69, 9.17) is 15.2 Å². The molecule has 1 aliphatic heterocycles. The Balaban J connectivity index is 0.00000486. The number of hydrogen-bond donors (Lipinski definition) is 2. The lowest BCUT2D eigenvalue weighted by molar-refractivity contribution is 0.0714. The van der Waals surface area contributed by atoms with Gasteiger partial charge in [-0.2, -0.15) is 0 Å². The van der Waals surface area contributed by atoms with Gasteiger partial charge < -0.3 is 25.4 Å². The standard InChI is InChI=1S/C39H44FN5O4.ClH/c40-32-25-36(37(46)43-34-16-14-33(41)15-17-34)38(42-26-32)49-35-13-5-12-31(24-35)30-11-4-9-28(23-30)10-6-18-44-19-21-45(22-20-44)39(47)48-27-29-7-2-1-3-8-29;/h1-5,7-9,11-13,23-26,33-34H,6,10,14-22,27,41H2,(H,43,46);1H/t33-,34-;. The number of rotatable bonds is 11. The van der Waals surface area contributed by atoms with E-state index in [1.54, 1.807) is 11.0 Å². The van der Waals surface area contributed by atoms with E-state index in [1.807, 2.05) is 48.5 Å². The van der Waals surface area contributed by atoms with E-state index in [0.717, 1.165) is 81.0 Å². The predicted octanol–water partition coefficient (Wildman–Crippen LogP) is 6.99. The molecule has 2 amide bonds. The quantitative estimate of drug-likeness (QED) is 0.174. The number of nitrogens with two attached hydrogens (primary N) is 1. The third-order valence-corrected chi connectivity index (χ3v) is 9.25. The van der Waals surface area contributed by atoms with Crippen LogP contribution in [0.5, 0.6) is 11.6 Å². The number of amides is 2. The molecule has 3 aromatic carbocycles. The van der Waals surface area contributed by atoms with Crippen molar-refractivity contribution in [2.45, 2.75) is 57.2 Å². The molecule has 1 saturated carbocycles. The fourth-order valence-electron chi connectivity index (χ4n) is 6.43. The van der Waals surface area contributed by atoms with Crippen molar-refractivity contribution in [2.75, 3.05) is 32.7 Å². The second-order valence-electron chi connectivity index (χ2n) is 12.9. The first kappa shape index (κ1) is 36.8. The van der Waals surface area contributed by atoms with Gasteiger partial charge in [0.05, 0.1) is 6.20 Å². The number of aryl methyl sites for hydroxylation is 1. The molecule has 2 heterocycles. The Labute approximate surface area is 299 Å². The molecule has 9 nitrogen and oxygen atoms in total. The summed E-state index contributed by atoms with van der Waals surface area (Å²) in [4.78, 5) is 33.9. The van der Waals surface area contributed by atoms with Crippen LogP contribution in [0.1, 0.15) is 53.6 Å². The molecule has 4 aromatic rings. The number of carbonyl (C=O) groups excluding carboxylic acids is 2. The van der Waals surface area contributed by atoms with Crippen LogP contribution >= 0.6 is 12.4 Å². The number of halogens is 2. The van der Waals surface area contributed by atoms with Gasteiger partial charge in [-0.25, -0.2) is 14.2 Å². The lowest BCUT2D eigenvalue weighted by Crippen LogP contribution is -2.49. The highest BCUT2D eigenvalue weighted by Gasteiger charge is 2.24.